The molecule has 2 N–H and O–H groups in total. The molecule has 3 heterocycles. The first-order valence-electron chi connectivity index (χ1n) is 12.4. The van der Waals surface area contributed by atoms with E-state index in [4.69, 9.17) is 11.6 Å². The van der Waals surface area contributed by atoms with Gasteiger partial charge in [0.25, 0.3) is 0 Å². The van der Waals surface area contributed by atoms with Gasteiger partial charge in [0, 0.05) is 45.7 Å². The van der Waals surface area contributed by atoms with Crippen molar-refractivity contribution in [1.29, 1.82) is 0 Å². The van der Waals surface area contributed by atoms with Crippen LogP contribution in [0.2, 0.25) is 5.02 Å². The van der Waals surface area contributed by atoms with Crippen molar-refractivity contribution in [2.75, 3.05) is 0 Å². The number of hydrogen-bond acceptors (Lipinski definition) is 6. The molecule has 0 fully saturated rings. The van der Waals surface area contributed by atoms with Crippen LogP contribution < -0.4 is 10.3 Å². The molecule has 0 radical (unpaired) electrons. The Bertz CT molecular complexity index is 1970. The molecule has 7 nitrogen and oxygen atoms in total. The van der Waals surface area contributed by atoms with Crippen LogP contribution in [0.4, 0.5) is 13.2 Å². The Balaban J connectivity index is 1.64. The van der Waals surface area contributed by atoms with Crippen molar-refractivity contribution in [3.8, 4) is 11.3 Å². The lowest BCUT2D eigenvalue weighted by molar-refractivity contribution is -0.258. The molecule has 0 saturated carbocycles. The Morgan fingerprint density at radius 1 is 1.05 bits per heavy atom. The topological polar surface area (TPSA) is 101 Å². The van der Waals surface area contributed by atoms with E-state index in [1.165, 1.54) is 42.9 Å². The lowest BCUT2D eigenvalue weighted by atomic mass is 9.94. The van der Waals surface area contributed by atoms with E-state index in [1.54, 1.807) is 48.5 Å². The highest BCUT2D eigenvalue weighted by Crippen LogP contribution is 2.42. The number of nitrogens with one attached hydrogen (secondary N) is 1. The molecule has 3 aromatic heterocycles. The zero-order chi connectivity index (χ0) is 30.4. The van der Waals surface area contributed by atoms with Crippen molar-refractivity contribution < 1.29 is 26.7 Å². The number of pyridine rings is 2. The van der Waals surface area contributed by atoms with Crippen LogP contribution in [0, 0.1) is 0 Å². The average molecular weight is 634 g/mol. The van der Waals surface area contributed by atoms with Crippen molar-refractivity contribution in [2.45, 2.75) is 29.6 Å². The number of benzene rings is 2. The van der Waals surface area contributed by atoms with Crippen LogP contribution >= 0.6 is 22.9 Å². The molecule has 13 heteroatoms. The van der Waals surface area contributed by atoms with Gasteiger partial charge in [-0.1, -0.05) is 48.0 Å². The molecule has 42 heavy (non-hydrogen) atoms. The lowest BCUT2D eigenvalue weighted by Gasteiger charge is -2.26. The van der Waals surface area contributed by atoms with Gasteiger partial charge in [-0.3, -0.25) is 9.78 Å². The predicted octanol–water partition coefficient (Wildman–Crippen LogP) is 6.15. The third-order valence-electron chi connectivity index (χ3n) is 6.86. The fraction of sp³-hybridized carbons (Fsp3) is 0.172. The highest BCUT2D eigenvalue weighted by atomic mass is 35.5. The monoisotopic (exact) mass is 633 g/mol. The third kappa shape index (κ3) is 5.60. The predicted molar refractivity (Wildman–Crippen MR) is 156 cm³/mol. The maximum absolute atomic E-state index is 13.5. The van der Waals surface area contributed by atoms with Crippen LogP contribution in [-0.2, 0) is 22.7 Å². The summed E-state index contributed by atoms with van der Waals surface area (Å²) in [6, 6.07) is 17.4. The SMILES string of the molecule is Cn1cc(S(=O)(=O)NC(c2cc3cccc(-c4cc(C(C)(O)C(F)(F)F)ccn4)c3s2)c2ccccc2Cl)ccc1=O. The smallest absolute Gasteiger partial charge is 0.376 e. The Hall–Kier alpha value is -3.55. The summed E-state index contributed by atoms with van der Waals surface area (Å²) in [6.45, 7) is 0.681. The fourth-order valence-corrected chi connectivity index (χ4v) is 7.22. The number of alkyl halides is 3. The molecule has 0 aliphatic heterocycles. The van der Waals surface area contributed by atoms with Gasteiger partial charge in [-0.05, 0) is 53.8 Å². The number of rotatable bonds is 7. The van der Waals surface area contributed by atoms with Gasteiger partial charge >= 0.3 is 6.18 Å². The number of aromatic nitrogens is 2. The third-order valence-corrected chi connectivity index (χ3v) is 9.86. The zero-order valence-electron chi connectivity index (χ0n) is 22.1. The van der Waals surface area contributed by atoms with Crippen LogP contribution in [0.1, 0.15) is 29.0 Å². The molecule has 0 bridgehead atoms. The summed E-state index contributed by atoms with van der Waals surface area (Å²) >= 11 is 7.74. The number of hydrogen-bond donors (Lipinski definition) is 2. The number of sulfonamides is 1. The van der Waals surface area contributed by atoms with E-state index in [0.29, 0.717) is 38.0 Å². The van der Waals surface area contributed by atoms with Crippen LogP contribution in [0.15, 0.2) is 94.9 Å². The molecular weight excluding hydrogens is 611 g/mol. The summed E-state index contributed by atoms with van der Waals surface area (Å²) in [5.74, 6) is 0. The van der Waals surface area contributed by atoms with Gasteiger partial charge in [-0.2, -0.15) is 17.9 Å². The number of thiophene rings is 1. The molecule has 2 unspecified atom stereocenters. The first-order chi connectivity index (χ1) is 19.7. The molecule has 5 rings (SSSR count). The number of nitrogens with zero attached hydrogens (tertiary/aromatic N) is 2. The largest absolute Gasteiger partial charge is 0.421 e. The van der Waals surface area contributed by atoms with Gasteiger partial charge in [-0.25, -0.2) is 8.42 Å². The molecular formula is C29H23ClF3N3O4S2. The van der Waals surface area contributed by atoms with E-state index in [0.717, 1.165) is 16.7 Å². The molecule has 0 amide bonds. The fourth-order valence-electron chi connectivity index (χ4n) is 4.41. The summed E-state index contributed by atoms with van der Waals surface area (Å²) in [6.07, 6.45) is -2.49. The molecule has 0 aliphatic rings. The Labute approximate surface area is 247 Å². The van der Waals surface area contributed by atoms with Gasteiger partial charge in [0.1, 0.15) is 0 Å². The van der Waals surface area contributed by atoms with Crippen LogP contribution in [0.3, 0.4) is 0 Å². The molecule has 2 aromatic carbocycles. The molecule has 0 spiro atoms. The van der Waals surface area contributed by atoms with Crippen molar-refractivity contribution >= 4 is 43.0 Å². The maximum Gasteiger partial charge on any atom is 0.421 e. The molecule has 0 aliphatic carbocycles. The second-order valence-electron chi connectivity index (χ2n) is 9.76. The second kappa shape index (κ2) is 10.9. The summed E-state index contributed by atoms with van der Waals surface area (Å²) < 4.78 is 72.1. The van der Waals surface area contributed by atoms with E-state index in [1.807, 2.05) is 0 Å². The van der Waals surface area contributed by atoms with Crippen molar-refractivity contribution in [1.82, 2.24) is 14.3 Å². The van der Waals surface area contributed by atoms with Crippen LogP contribution in [0.5, 0.6) is 0 Å². The number of halogens is 4. The van der Waals surface area contributed by atoms with Gasteiger partial charge in [0.2, 0.25) is 15.6 Å². The quantitative estimate of drug-likeness (QED) is 0.224. The number of aryl methyl sites for hydroxylation is 1. The van der Waals surface area contributed by atoms with Gasteiger partial charge in [-0.15, -0.1) is 11.3 Å². The highest BCUT2D eigenvalue weighted by Gasteiger charge is 2.51. The first kappa shape index (κ1) is 29.9. The van der Waals surface area contributed by atoms with Gasteiger partial charge in [0.15, 0.2) is 5.60 Å². The molecule has 218 valence electrons. The molecule has 2 atom stereocenters. The van der Waals surface area contributed by atoms with E-state index in [-0.39, 0.29) is 21.7 Å². The number of aliphatic hydroxyl groups is 1. The van der Waals surface area contributed by atoms with Gasteiger partial charge < -0.3 is 9.67 Å². The minimum atomic E-state index is -4.90. The number of fused-ring (bicyclic) bond motifs is 1. The van der Waals surface area contributed by atoms with E-state index >= 15 is 0 Å². The Morgan fingerprint density at radius 3 is 2.48 bits per heavy atom. The highest BCUT2D eigenvalue weighted by molar-refractivity contribution is 7.89. The van der Waals surface area contributed by atoms with Gasteiger partial charge in [0.05, 0.1) is 16.6 Å². The van der Waals surface area contributed by atoms with Crippen molar-refractivity contribution in [2.24, 2.45) is 7.05 Å². The Kier molecular flexibility index (Phi) is 7.79. The minimum absolute atomic E-state index is 0.124. The summed E-state index contributed by atoms with van der Waals surface area (Å²) in [5, 5.41) is 11.2. The normalized spacial score (nSPS) is 14.5. The summed E-state index contributed by atoms with van der Waals surface area (Å²) in [5.41, 5.74) is -2.65. The van der Waals surface area contributed by atoms with Crippen LogP contribution in [0.25, 0.3) is 21.3 Å². The standard InChI is InChI=1S/C29H23ClF3N3O4S2/c1-28(38,29(31,32)33)18-12-13-34-23(15-18)21-8-5-6-17-14-24(41-27(17)21)26(20-7-3-4-9-22(20)30)35-42(39,40)19-10-11-25(37)36(2)16-19/h3-16,26,35,38H,1-2H3. The van der Waals surface area contributed by atoms with Crippen molar-refractivity contribution in [3.05, 3.63) is 117 Å². The molecule has 5 aromatic rings. The molecule has 0 saturated heterocycles. The van der Waals surface area contributed by atoms with Crippen molar-refractivity contribution in [3.63, 3.8) is 0 Å². The lowest BCUT2D eigenvalue weighted by Crippen LogP contribution is -2.39. The van der Waals surface area contributed by atoms with E-state index in [2.05, 4.69) is 9.71 Å². The van der Waals surface area contributed by atoms with E-state index in [9.17, 15) is 31.5 Å². The van der Waals surface area contributed by atoms with Crippen LogP contribution in [-0.4, -0.2) is 29.3 Å². The Morgan fingerprint density at radius 2 is 1.79 bits per heavy atom. The first-order valence-corrected chi connectivity index (χ1v) is 15.1. The average Bonchev–Trinajstić information content (AvgIpc) is 3.37. The minimum Gasteiger partial charge on any atom is -0.376 e. The maximum atomic E-state index is 13.5. The second-order valence-corrected chi connectivity index (χ2v) is 13.0. The summed E-state index contributed by atoms with van der Waals surface area (Å²) in [7, 11) is -2.71. The van der Waals surface area contributed by atoms with E-state index < -0.39 is 27.8 Å². The summed E-state index contributed by atoms with van der Waals surface area (Å²) in [4.78, 5) is 16.5. The zero-order valence-corrected chi connectivity index (χ0v) is 24.4.